The Hall–Kier alpha value is -0.830. The van der Waals surface area contributed by atoms with E-state index in [9.17, 15) is 4.79 Å². The molecule has 1 aromatic carbocycles. The normalized spacial score (nSPS) is 12.2. The van der Waals surface area contributed by atoms with Gasteiger partial charge in [0.15, 0.2) is 0 Å². The van der Waals surface area contributed by atoms with Crippen molar-refractivity contribution in [1.82, 2.24) is 5.32 Å². The van der Waals surface area contributed by atoms with Crippen molar-refractivity contribution < 1.29 is 4.79 Å². The van der Waals surface area contributed by atoms with Crippen molar-refractivity contribution in [1.29, 1.82) is 0 Å². The second-order valence-electron chi connectivity index (χ2n) is 4.80. The van der Waals surface area contributed by atoms with Crippen LogP contribution in [0, 0.1) is 13.8 Å². The monoisotopic (exact) mass is 311 g/mol. The van der Waals surface area contributed by atoms with Gasteiger partial charge < -0.3 is 5.32 Å². The molecule has 0 heterocycles. The third-order valence-electron chi connectivity index (χ3n) is 3.07. The average molecular weight is 312 g/mol. The molecule has 0 radical (unpaired) electrons. The quantitative estimate of drug-likeness (QED) is 0.623. The molecular weight excluding hydrogens is 290 g/mol. The first kappa shape index (κ1) is 15.2. The molecule has 100 valence electrons. The maximum atomic E-state index is 11.8. The Morgan fingerprint density at radius 3 is 2.72 bits per heavy atom. The molecule has 0 spiro atoms. The summed E-state index contributed by atoms with van der Waals surface area (Å²) in [5, 5.41) is 4.03. The Balaban J connectivity index is 2.56. The maximum absolute atomic E-state index is 11.8. The van der Waals surface area contributed by atoms with E-state index >= 15 is 0 Å². The van der Waals surface area contributed by atoms with Crippen molar-refractivity contribution in [2.45, 2.75) is 46.1 Å². The van der Waals surface area contributed by atoms with Gasteiger partial charge in [-0.25, -0.2) is 0 Å². The summed E-state index contributed by atoms with van der Waals surface area (Å²) in [6.07, 6.45) is 2.60. The fraction of sp³-hybridized carbons (Fsp3) is 0.533. The minimum absolute atomic E-state index is 0.0846. The zero-order valence-corrected chi connectivity index (χ0v) is 13.0. The number of benzene rings is 1. The third kappa shape index (κ3) is 4.81. The van der Waals surface area contributed by atoms with Crippen LogP contribution in [0.2, 0.25) is 0 Å². The minimum Gasteiger partial charge on any atom is -0.350 e. The van der Waals surface area contributed by atoms with Crippen LogP contribution in [-0.2, 0) is 4.79 Å². The van der Waals surface area contributed by atoms with Crippen LogP contribution in [0.25, 0.3) is 0 Å². The molecule has 2 nitrogen and oxygen atoms in total. The van der Waals surface area contributed by atoms with Gasteiger partial charge in [0.1, 0.15) is 0 Å². The number of aryl methyl sites for hydroxylation is 2. The summed E-state index contributed by atoms with van der Waals surface area (Å²) in [4.78, 5) is 11.8. The molecule has 0 aliphatic rings. The molecule has 0 bridgehead atoms. The zero-order valence-electron chi connectivity index (χ0n) is 11.4. The fourth-order valence-corrected chi connectivity index (χ4v) is 2.39. The number of rotatable bonds is 6. The lowest BCUT2D eigenvalue weighted by molar-refractivity contribution is -0.121. The van der Waals surface area contributed by atoms with Crippen LogP contribution < -0.4 is 5.32 Å². The predicted octanol–water partition coefficient (Wildman–Crippen LogP) is 4.05. The maximum Gasteiger partial charge on any atom is 0.220 e. The Morgan fingerprint density at radius 2 is 2.06 bits per heavy atom. The number of hydrogen-bond acceptors (Lipinski definition) is 1. The highest BCUT2D eigenvalue weighted by Crippen LogP contribution is 2.19. The van der Waals surface area contributed by atoms with Crippen molar-refractivity contribution >= 4 is 21.8 Å². The molecule has 1 atom stereocenters. The highest BCUT2D eigenvalue weighted by atomic mass is 79.9. The molecule has 1 unspecified atom stereocenters. The second-order valence-corrected chi connectivity index (χ2v) is 5.59. The van der Waals surface area contributed by atoms with Crippen LogP contribution in [0.1, 0.15) is 48.9 Å². The predicted molar refractivity (Wildman–Crippen MR) is 80.1 cm³/mol. The zero-order chi connectivity index (χ0) is 13.5. The van der Waals surface area contributed by atoms with Gasteiger partial charge >= 0.3 is 0 Å². The number of nitrogens with one attached hydrogen (secondary N) is 1. The van der Waals surface area contributed by atoms with E-state index in [-0.39, 0.29) is 11.9 Å². The third-order valence-corrected chi connectivity index (χ3v) is 3.63. The molecule has 0 fully saturated rings. The number of carbonyl (C=O) groups is 1. The Bertz CT molecular complexity index is 403. The smallest absolute Gasteiger partial charge is 0.220 e. The van der Waals surface area contributed by atoms with Gasteiger partial charge in [0.25, 0.3) is 0 Å². The number of hydrogen-bond donors (Lipinski definition) is 1. The number of unbranched alkanes of at least 4 members (excludes halogenated alkanes) is 1. The lowest BCUT2D eigenvalue weighted by Crippen LogP contribution is -2.26. The van der Waals surface area contributed by atoms with E-state index in [0.29, 0.717) is 6.42 Å². The first-order valence-corrected chi connectivity index (χ1v) is 7.59. The number of carbonyl (C=O) groups excluding carboxylic acids is 1. The molecule has 0 saturated carbocycles. The molecule has 0 aromatic heterocycles. The van der Waals surface area contributed by atoms with Crippen LogP contribution in [-0.4, -0.2) is 11.2 Å². The molecule has 18 heavy (non-hydrogen) atoms. The molecule has 0 saturated heterocycles. The standard InChI is InChI=1S/C15H22BrNO/c1-11-7-8-12(2)14(10-11)13(3)17-15(18)6-4-5-9-16/h7-8,10,13H,4-6,9H2,1-3H3,(H,17,18). The van der Waals surface area contributed by atoms with Gasteiger partial charge in [-0.05, 0) is 44.7 Å². The lowest BCUT2D eigenvalue weighted by Gasteiger charge is -2.17. The van der Waals surface area contributed by atoms with Crippen molar-refractivity contribution in [3.63, 3.8) is 0 Å². The Morgan fingerprint density at radius 1 is 1.33 bits per heavy atom. The summed E-state index contributed by atoms with van der Waals surface area (Å²) in [5.74, 6) is 0.143. The average Bonchev–Trinajstić information content (AvgIpc) is 2.32. The van der Waals surface area contributed by atoms with Gasteiger partial charge in [-0.3, -0.25) is 4.79 Å². The molecule has 3 heteroatoms. The van der Waals surface area contributed by atoms with E-state index in [2.05, 4.69) is 53.3 Å². The Kier molecular flexibility index (Phi) is 6.41. The first-order valence-electron chi connectivity index (χ1n) is 6.47. The van der Waals surface area contributed by atoms with Crippen molar-refractivity contribution in [2.24, 2.45) is 0 Å². The van der Waals surface area contributed by atoms with Gasteiger partial charge in [0.05, 0.1) is 6.04 Å². The second kappa shape index (κ2) is 7.57. The van der Waals surface area contributed by atoms with E-state index in [0.717, 1.165) is 18.2 Å². The molecule has 0 aliphatic carbocycles. The van der Waals surface area contributed by atoms with Gasteiger partial charge in [0, 0.05) is 11.8 Å². The van der Waals surface area contributed by atoms with Gasteiger partial charge in [-0.1, -0.05) is 39.7 Å². The van der Waals surface area contributed by atoms with E-state index in [1.54, 1.807) is 0 Å². The lowest BCUT2D eigenvalue weighted by atomic mass is 10.00. The summed E-state index contributed by atoms with van der Waals surface area (Å²) in [6.45, 7) is 6.21. The number of alkyl halides is 1. The van der Waals surface area contributed by atoms with Gasteiger partial charge in [-0.15, -0.1) is 0 Å². The largest absolute Gasteiger partial charge is 0.350 e. The summed E-state index contributed by atoms with van der Waals surface area (Å²) in [5.41, 5.74) is 3.67. The Labute approximate surface area is 118 Å². The van der Waals surface area contributed by atoms with E-state index in [4.69, 9.17) is 0 Å². The SMILES string of the molecule is Cc1ccc(C)c(C(C)NC(=O)CCCCBr)c1. The highest BCUT2D eigenvalue weighted by Gasteiger charge is 2.11. The van der Waals surface area contributed by atoms with Crippen LogP contribution in [0.3, 0.4) is 0 Å². The van der Waals surface area contributed by atoms with Crippen molar-refractivity contribution in [2.75, 3.05) is 5.33 Å². The molecule has 1 aromatic rings. The molecule has 1 N–H and O–H groups in total. The van der Waals surface area contributed by atoms with Crippen molar-refractivity contribution in [3.05, 3.63) is 34.9 Å². The summed E-state index contributed by atoms with van der Waals surface area (Å²) < 4.78 is 0. The molecular formula is C15H22BrNO. The van der Waals surface area contributed by atoms with Gasteiger partial charge in [0.2, 0.25) is 5.91 Å². The van der Waals surface area contributed by atoms with Crippen LogP contribution in [0.5, 0.6) is 0 Å². The number of amides is 1. The molecule has 0 aliphatic heterocycles. The van der Waals surface area contributed by atoms with E-state index < -0.39 is 0 Å². The van der Waals surface area contributed by atoms with Crippen molar-refractivity contribution in [3.8, 4) is 0 Å². The van der Waals surface area contributed by atoms with Crippen LogP contribution in [0.15, 0.2) is 18.2 Å². The topological polar surface area (TPSA) is 29.1 Å². The fourth-order valence-electron chi connectivity index (χ4n) is 2.00. The van der Waals surface area contributed by atoms with E-state index in [1.165, 1.54) is 16.7 Å². The van der Waals surface area contributed by atoms with Crippen LogP contribution in [0.4, 0.5) is 0 Å². The summed E-state index contributed by atoms with van der Waals surface area (Å²) in [7, 11) is 0. The summed E-state index contributed by atoms with van der Waals surface area (Å²) in [6, 6.07) is 6.45. The molecule has 1 rings (SSSR count). The van der Waals surface area contributed by atoms with Gasteiger partial charge in [-0.2, -0.15) is 0 Å². The first-order chi connectivity index (χ1) is 8.54. The van der Waals surface area contributed by atoms with Crippen LogP contribution >= 0.6 is 15.9 Å². The minimum atomic E-state index is 0.0846. The summed E-state index contributed by atoms with van der Waals surface area (Å²) >= 11 is 3.37. The molecule has 1 amide bonds. The van der Waals surface area contributed by atoms with E-state index in [1.807, 2.05) is 6.92 Å². The number of halogens is 1. The highest BCUT2D eigenvalue weighted by molar-refractivity contribution is 9.09.